The average Bonchev–Trinajstić information content (AvgIpc) is 2.29. The van der Waals surface area contributed by atoms with Crippen LogP contribution in [0.1, 0.15) is 12.0 Å². The molecule has 0 spiro atoms. The Morgan fingerprint density at radius 1 is 1.39 bits per heavy atom. The highest BCUT2D eigenvalue weighted by molar-refractivity contribution is 5.89. The Morgan fingerprint density at radius 2 is 2.17 bits per heavy atom. The van der Waals surface area contributed by atoms with Crippen LogP contribution in [0, 0.1) is 6.92 Å². The zero-order valence-corrected chi connectivity index (χ0v) is 10.7. The van der Waals surface area contributed by atoms with Gasteiger partial charge in [-0.15, -0.1) is 12.4 Å². The molecule has 1 aromatic carbocycles. The molecule has 0 saturated heterocycles. The van der Waals surface area contributed by atoms with Gasteiger partial charge in [-0.25, -0.2) is 9.97 Å². The molecule has 0 radical (unpaired) electrons. The van der Waals surface area contributed by atoms with E-state index in [4.69, 9.17) is 5.11 Å². The lowest BCUT2D eigenvalue weighted by Crippen LogP contribution is -2.09. The van der Waals surface area contributed by atoms with Gasteiger partial charge in [-0.3, -0.25) is 4.79 Å². The molecule has 2 rings (SSSR count). The lowest BCUT2D eigenvalue weighted by molar-refractivity contribution is -0.136. The van der Waals surface area contributed by atoms with Gasteiger partial charge in [0, 0.05) is 11.9 Å². The van der Waals surface area contributed by atoms with Gasteiger partial charge in [-0.05, 0) is 19.1 Å². The number of benzene rings is 1. The molecule has 1 heterocycles. The minimum Gasteiger partial charge on any atom is -0.481 e. The molecule has 0 aliphatic rings. The number of aromatic nitrogens is 2. The van der Waals surface area contributed by atoms with Crippen LogP contribution in [0.2, 0.25) is 0 Å². The molecule has 0 saturated carbocycles. The smallest absolute Gasteiger partial charge is 0.305 e. The minimum absolute atomic E-state index is 0. The summed E-state index contributed by atoms with van der Waals surface area (Å²) in [7, 11) is 0. The fourth-order valence-corrected chi connectivity index (χ4v) is 1.60. The van der Waals surface area contributed by atoms with Crippen LogP contribution < -0.4 is 5.32 Å². The maximum atomic E-state index is 10.4. The molecular formula is C12H14ClN3O2. The molecule has 0 amide bonds. The highest BCUT2D eigenvalue weighted by Gasteiger charge is 2.04. The van der Waals surface area contributed by atoms with Crippen LogP contribution in [0.15, 0.2) is 24.5 Å². The normalized spacial score (nSPS) is 9.83. The van der Waals surface area contributed by atoms with E-state index < -0.39 is 5.97 Å². The van der Waals surface area contributed by atoms with Gasteiger partial charge in [0.1, 0.15) is 12.1 Å². The summed E-state index contributed by atoms with van der Waals surface area (Å²) in [5, 5.41) is 12.5. The lowest BCUT2D eigenvalue weighted by Gasteiger charge is -2.07. The Morgan fingerprint density at radius 3 is 2.89 bits per heavy atom. The first kappa shape index (κ1) is 14.2. The van der Waals surface area contributed by atoms with E-state index in [-0.39, 0.29) is 18.8 Å². The van der Waals surface area contributed by atoms with Crippen molar-refractivity contribution < 1.29 is 9.90 Å². The van der Waals surface area contributed by atoms with Crippen LogP contribution in [0.5, 0.6) is 0 Å². The van der Waals surface area contributed by atoms with Crippen molar-refractivity contribution in [3.05, 3.63) is 30.1 Å². The number of anilines is 1. The van der Waals surface area contributed by atoms with Gasteiger partial charge in [-0.1, -0.05) is 11.6 Å². The van der Waals surface area contributed by atoms with Gasteiger partial charge < -0.3 is 10.4 Å². The number of carboxylic acids is 1. The van der Waals surface area contributed by atoms with Crippen molar-refractivity contribution in [2.75, 3.05) is 11.9 Å². The number of halogens is 1. The molecule has 6 heteroatoms. The van der Waals surface area contributed by atoms with Crippen molar-refractivity contribution in [2.45, 2.75) is 13.3 Å². The van der Waals surface area contributed by atoms with Crippen LogP contribution in [0.4, 0.5) is 5.82 Å². The second-order valence-electron chi connectivity index (χ2n) is 3.81. The van der Waals surface area contributed by atoms with Crippen LogP contribution in [-0.4, -0.2) is 27.6 Å². The van der Waals surface area contributed by atoms with E-state index in [0.29, 0.717) is 12.4 Å². The van der Waals surface area contributed by atoms with Crippen molar-refractivity contribution in [1.82, 2.24) is 9.97 Å². The molecular weight excluding hydrogens is 254 g/mol. The van der Waals surface area contributed by atoms with Crippen molar-refractivity contribution in [3.8, 4) is 0 Å². The molecule has 0 aliphatic heterocycles. The third-order valence-electron chi connectivity index (χ3n) is 2.42. The summed E-state index contributed by atoms with van der Waals surface area (Å²) in [6.07, 6.45) is 1.54. The van der Waals surface area contributed by atoms with E-state index in [1.807, 2.05) is 25.1 Å². The summed E-state index contributed by atoms with van der Waals surface area (Å²) in [6.45, 7) is 2.35. The number of nitrogens with zero attached hydrogens (tertiary/aromatic N) is 2. The largest absolute Gasteiger partial charge is 0.481 e. The molecule has 0 bridgehead atoms. The fourth-order valence-electron chi connectivity index (χ4n) is 1.60. The monoisotopic (exact) mass is 267 g/mol. The summed E-state index contributed by atoms with van der Waals surface area (Å²) in [4.78, 5) is 18.7. The van der Waals surface area contributed by atoms with Gasteiger partial charge in [0.05, 0.1) is 11.9 Å². The highest BCUT2D eigenvalue weighted by atomic mass is 35.5. The standard InChI is InChI=1S/C12H13N3O2.ClH/c1-8-2-3-10-9(6-8)12(15-7-14-10)13-5-4-11(16)17;/h2-3,6-7H,4-5H2,1H3,(H,16,17)(H,13,14,15);1H. The van der Waals surface area contributed by atoms with E-state index >= 15 is 0 Å². The Balaban J connectivity index is 0.00000162. The van der Waals surface area contributed by atoms with Gasteiger partial charge in [0.2, 0.25) is 0 Å². The molecule has 0 unspecified atom stereocenters. The summed E-state index contributed by atoms with van der Waals surface area (Å²) in [5.41, 5.74) is 1.97. The number of carbonyl (C=O) groups is 1. The maximum Gasteiger partial charge on any atom is 0.305 e. The van der Waals surface area contributed by atoms with E-state index in [0.717, 1.165) is 16.5 Å². The average molecular weight is 268 g/mol. The number of aliphatic carboxylic acids is 1. The predicted octanol–water partition coefficient (Wildman–Crippen LogP) is 2.25. The molecule has 0 atom stereocenters. The van der Waals surface area contributed by atoms with Crippen molar-refractivity contribution in [2.24, 2.45) is 0 Å². The second kappa shape index (κ2) is 6.16. The highest BCUT2D eigenvalue weighted by Crippen LogP contribution is 2.20. The van der Waals surface area contributed by atoms with E-state index in [1.165, 1.54) is 6.33 Å². The summed E-state index contributed by atoms with van der Waals surface area (Å²) in [5.74, 6) is -0.146. The molecule has 1 aromatic heterocycles. The van der Waals surface area contributed by atoms with Gasteiger partial charge in [-0.2, -0.15) is 0 Å². The lowest BCUT2D eigenvalue weighted by atomic mass is 10.1. The molecule has 0 fully saturated rings. The molecule has 2 aromatic rings. The maximum absolute atomic E-state index is 10.4. The zero-order valence-electron chi connectivity index (χ0n) is 9.88. The van der Waals surface area contributed by atoms with E-state index in [2.05, 4.69) is 15.3 Å². The Hall–Kier alpha value is -1.88. The molecule has 96 valence electrons. The van der Waals surface area contributed by atoms with Crippen LogP contribution in [-0.2, 0) is 4.79 Å². The van der Waals surface area contributed by atoms with Crippen molar-refractivity contribution >= 4 is 35.1 Å². The zero-order chi connectivity index (χ0) is 12.3. The third-order valence-corrected chi connectivity index (χ3v) is 2.42. The first-order valence-corrected chi connectivity index (χ1v) is 5.34. The SMILES string of the molecule is Cc1ccc2ncnc(NCCC(=O)O)c2c1.Cl. The number of aryl methyl sites for hydroxylation is 1. The van der Waals surface area contributed by atoms with Crippen LogP contribution in [0.25, 0.3) is 10.9 Å². The second-order valence-corrected chi connectivity index (χ2v) is 3.81. The van der Waals surface area contributed by atoms with E-state index in [9.17, 15) is 4.79 Å². The molecule has 0 aliphatic carbocycles. The Bertz CT molecular complexity index is 560. The molecule has 5 nitrogen and oxygen atoms in total. The number of rotatable bonds is 4. The number of fused-ring (bicyclic) bond motifs is 1. The van der Waals surface area contributed by atoms with Gasteiger partial charge in [0.15, 0.2) is 0 Å². The summed E-state index contributed by atoms with van der Waals surface area (Å²) >= 11 is 0. The topological polar surface area (TPSA) is 75.1 Å². The van der Waals surface area contributed by atoms with Gasteiger partial charge >= 0.3 is 5.97 Å². The molecule has 2 N–H and O–H groups in total. The first-order valence-electron chi connectivity index (χ1n) is 5.34. The fraction of sp³-hybridized carbons (Fsp3) is 0.250. The van der Waals surface area contributed by atoms with Crippen molar-refractivity contribution in [1.29, 1.82) is 0 Å². The van der Waals surface area contributed by atoms with Gasteiger partial charge in [0.25, 0.3) is 0 Å². The number of hydrogen-bond donors (Lipinski definition) is 2. The van der Waals surface area contributed by atoms with Crippen LogP contribution in [0.3, 0.4) is 0 Å². The predicted molar refractivity (Wildman–Crippen MR) is 72.3 cm³/mol. The first-order chi connectivity index (χ1) is 8.16. The van der Waals surface area contributed by atoms with Crippen molar-refractivity contribution in [3.63, 3.8) is 0 Å². The number of carboxylic acid groups (broad SMARTS) is 1. The number of nitrogens with one attached hydrogen (secondary N) is 1. The summed E-state index contributed by atoms with van der Waals surface area (Å²) in [6, 6.07) is 5.89. The minimum atomic E-state index is -0.827. The molecule has 18 heavy (non-hydrogen) atoms. The quantitative estimate of drug-likeness (QED) is 0.889. The third kappa shape index (κ3) is 3.30. The van der Waals surface area contributed by atoms with E-state index in [1.54, 1.807) is 0 Å². The Labute approximate surface area is 111 Å². The number of hydrogen-bond acceptors (Lipinski definition) is 4. The summed E-state index contributed by atoms with van der Waals surface area (Å²) < 4.78 is 0. The van der Waals surface area contributed by atoms with Crippen LogP contribution >= 0.6 is 12.4 Å². The Kier molecular flexibility index (Phi) is 4.85.